The third-order valence-electron chi connectivity index (χ3n) is 2.42. The van der Waals surface area contributed by atoms with E-state index in [0.29, 0.717) is 16.9 Å². The minimum atomic E-state index is 0.451. The van der Waals surface area contributed by atoms with Crippen LogP contribution >= 0.6 is 31.9 Å². The molecule has 0 amide bonds. The van der Waals surface area contributed by atoms with Gasteiger partial charge in [0.05, 0.1) is 22.6 Å². The predicted molar refractivity (Wildman–Crippen MR) is 80.7 cm³/mol. The molecule has 0 radical (unpaired) electrons. The van der Waals surface area contributed by atoms with Crippen molar-refractivity contribution in [2.45, 2.75) is 0 Å². The Morgan fingerprint density at radius 2 is 1.89 bits per heavy atom. The summed E-state index contributed by atoms with van der Waals surface area (Å²) >= 11 is 6.87. The summed E-state index contributed by atoms with van der Waals surface area (Å²) in [6.07, 6.45) is 0. The van der Waals surface area contributed by atoms with Crippen molar-refractivity contribution >= 4 is 48.9 Å². The van der Waals surface area contributed by atoms with E-state index in [4.69, 9.17) is 11.0 Å². The maximum absolute atomic E-state index is 8.93. The number of nitrogens with one attached hydrogen (secondary N) is 1. The molecule has 0 heterocycles. The van der Waals surface area contributed by atoms with Crippen LogP contribution in [0, 0.1) is 11.3 Å². The molecule has 18 heavy (non-hydrogen) atoms. The van der Waals surface area contributed by atoms with Crippen molar-refractivity contribution < 1.29 is 0 Å². The quantitative estimate of drug-likeness (QED) is 0.774. The summed E-state index contributed by atoms with van der Waals surface area (Å²) in [5.74, 6) is 0. The second kappa shape index (κ2) is 5.42. The molecule has 0 spiro atoms. The highest BCUT2D eigenvalue weighted by Crippen LogP contribution is 2.32. The molecule has 3 nitrogen and oxygen atoms in total. The van der Waals surface area contributed by atoms with Crippen molar-refractivity contribution in [1.29, 1.82) is 5.26 Å². The zero-order valence-electron chi connectivity index (χ0n) is 9.24. The van der Waals surface area contributed by atoms with Gasteiger partial charge in [0.25, 0.3) is 0 Å². The maximum atomic E-state index is 8.93. The Labute approximate surface area is 122 Å². The summed E-state index contributed by atoms with van der Waals surface area (Å²) in [6.45, 7) is 0. The van der Waals surface area contributed by atoms with Crippen LogP contribution in [0.25, 0.3) is 0 Å². The van der Waals surface area contributed by atoms with E-state index >= 15 is 0 Å². The Morgan fingerprint density at radius 3 is 2.61 bits per heavy atom. The van der Waals surface area contributed by atoms with Crippen LogP contribution in [0.3, 0.4) is 0 Å². The SMILES string of the molecule is N#Cc1cccc(Nc2cc(Br)ccc2Br)c1N. The molecule has 3 N–H and O–H groups in total. The maximum Gasteiger partial charge on any atom is 0.101 e. The Morgan fingerprint density at radius 1 is 1.11 bits per heavy atom. The van der Waals surface area contributed by atoms with Gasteiger partial charge in [-0.1, -0.05) is 22.0 Å². The molecule has 0 fully saturated rings. The van der Waals surface area contributed by atoms with Gasteiger partial charge >= 0.3 is 0 Å². The lowest BCUT2D eigenvalue weighted by Gasteiger charge is -2.12. The van der Waals surface area contributed by atoms with Gasteiger partial charge < -0.3 is 11.1 Å². The van der Waals surface area contributed by atoms with Crippen LogP contribution in [0.2, 0.25) is 0 Å². The van der Waals surface area contributed by atoms with Crippen LogP contribution in [0.5, 0.6) is 0 Å². The molecular formula is C13H9Br2N3. The predicted octanol–water partition coefficient (Wildman–Crippen LogP) is 4.41. The van der Waals surface area contributed by atoms with Gasteiger partial charge in [0.1, 0.15) is 6.07 Å². The first kappa shape index (κ1) is 12.9. The second-order valence-electron chi connectivity index (χ2n) is 3.63. The summed E-state index contributed by atoms with van der Waals surface area (Å²) in [6, 6.07) is 13.2. The fourth-order valence-corrected chi connectivity index (χ4v) is 2.22. The molecule has 0 saturated carbocycles. The first-order valence-electron chi connectivity index (χ1n) is 5.12. The second-order valence-corrected chi connectivity index (χ2v) is 5.40. The zero-order chi connectivity index (χ0) is 13.1. The number of hydrogen-bond acceptors (Lipinski definition) is 3. The Balaban J connectivity index is 2.41. The van der Waals surface area contributed by atoms with Crippen molar-refractivity contribution in [2.24, 2.45) is 0 Å². The fourth-order valence-electron chi connectivity index (χ4n) is 1.51. The van der Waals surface area contributed by atoms with Crippen LogP contribution in [-0.2, 0) is 0 Å². The van der Waals surface area contributed by atoms with E-state index in [1.165, 1.54) is 0 Å². The van der Waals surface area contributed by atoms with Gasteiger partial charge in [-0.05, 0) is 46.3 Å². The van der Waals surface area contributed by atoms with Gasteiger partial charge in [-0.3, -0.25) is 0 Å². The van der Waals surface area contributed by atoms with Crippen molar-refractivity contribution in [3.63, 3.8) is 0 Å². The van der Waals surface area contributed by atoms with Crippen LogP contribution in [0.1, 0.15) is 5.56 Å². The van der Waals surface area contributed by atoms with Crippen molar-refractivity contribution in [1.82, 2.24) is 0 Å². The molecule has 0 atom stereocenters. The third kappa shape index (κ3) is 2.66. The van der Waals surface area contributed by atoms with E-state index in [1.54, 1.807) is 12.1 Å². The highest BCUT2D eigenvalue weighted by molar-refractivity contribution is 9.11. The van der Waals surface area contributed by atoms with E-state index in [0.717, 1.165) is 14.6 Å². The highest BCUT2D eigenvalue weighted by atomic mass is 79.9. The van der Waals surface area contributed by atoms with Gasteiger partial charge in [0.2, 0.25) is 0 Å². The lowest BCUT2D eigenvalue weighted by Crippen LogP contribution is -1.99. The number of nitrogens with zero attached hydrogens (tertiary/aromatic N) is 1. The molecule has 0 aliphatic carbocycles. The standard InChI is InChI=1S/C13H9Br2N3/c14-9-4-5-10(15)12(6-9)18-11-3-1-2-8(7-16)13(11)17/h1-6,18H,17H2. The molecule has 2 aromatic rings. The van der Waals surface area contributed by atoms with Crippen LogP contribution in [0.4, 0.5) is 17.1 Å². The van der Waals surface area contributed by atoms with Crippen LogP contribution in [-0.4, -0.2) is 0 Å². The molecule has 0 aliphatic rings. The summed E-state index contributed by atoms with van der Waals surface area (Å²) in [7, 11) is 0. The Hall–Kier alpha value is -1.51. The zero-order valence-corrected chi connectivity index (χ0v) is 12.4. The molecule has 0 aromatic heterocycles. The number of hydrogen-bond donors (Lipinski definition) is 2. The van der Waals surface area contributed by atoms with E-state index in [1.807, 2.05) is 24.3 Å². The first-order chi connectivity index (χ1) is 8.61. The molecule has 2 rings (SSSR count). The number of anilines is 3. The number of benzene rings is 2. The minimum absolute atomic E-state index is 0.451. The topological polar surface area (TPSA) is 61.8 Å². The van der Waals surface area contributed by atoms with Gasteiger partial charge in [0.15, 0.2) is 0 Å². The summed E-state index contributed by atoms with van der Waals surface area (Å²) in [4.78, 5) is 0. The molecule has 0 aliphatic heterocycles. The third-order valence-corrected chi connectivity index (χ3v) is 3.61. The fraction of sp³-hybridized carbons (Fsp3) is 0. The van der Waals surface area contributed by atoms with Crippen molar-refractivity contribution in [2.75, 3.05) is 11.1 Å². The van der Waals surface area contributed by atoms with Gasteiger partial charge in [-0.15, -0.1) is 0 Å². The smallest absolute Gasteiger partial charge is 0.101 e. The van der Waals surface area contributed by atoms with E-state index in [-0.39, 0.29) is 0 Å². The van der Waals surface area contributed by atoms with Gasteiger partial charge in [-0.2, -0.15) is 5.26 Å². The van der Waals surface area contributed by atoms with Crippen molar-refractivity contribution in [3.05, 3.63) is 50.9 Å². The van der Waals surface area contributed by atoms with Gasteiger partial charge in [-0.25, -0.2) is 0 Å². The summed E-state index contributed by atoms with van der Waals surface area (Å²) in [5.41, 5.74) is 8.43. The first-order valence-corrected chi connectivity index (χ1v) is 6.71. The van der Waals surface area contributed by atoms with Crippen LogP contribution < -0.4 is 11.1 Å². The summed E-state index contributed by atoms with van der Waals surface area (Å²) in [5, 5.41) is 12.1. The lowest BCUT2D eigenvalue weighted by atomic mass is 10.1. The Bertz CT molecular complexity index is 633. The van der Waals surface area contributed by atoms with Gasteiger partial charge in [0, 0.05) is 8.95 Å². The molecule has 90 valence electrons. The van der Waals surface area contributed by atoms with E-state index < -0.39 is 0 Å². The van der Waals surface area contributed by atoms with E-state index in [9.17, 15) is 0 Å². The monoisotopic (exact) mass is 365 g/mol. The average Bonchev–Trinajstić information content (AvgIpc) is 2.36. The number of halogens is 2. The molecule has 0 saturated heterocycles. The minimum Gasteiger partial charge on any atom is -0.396 e. The summed E-state index contributed by atoms with van der Waals surface area (Å²) < 4.78 is 1.88. The molecular weight excluding hydrogens is 358 g/mol. The normalized spacial score (nSPS) is 9.83. The number of nitrogen functional groups attached to an aromatic ring is 1. The molecule has 0 unspecified atom stereocenters. The molecule has 0 bridgehead atoms. The number of rotatable bonds is 2. The van der Waals surface area contributed by atoms with E-state index in [2.05, 4.69) is 43.2 Å². The number of nitriles is 1. The lowest BCUT2D eigenvalue weighted by molar-refractivity contribution is 1.46. The largest absolute Gasteiger partial charge is 0.396 e. The van der Waals surface area contributed by atoms with Crippen molar-refractivity contribution in [3.8, 4) is 6.07 Å². The average molecular weight is 367 g/mol. The highest BCUT2D eigenvalue weighted by Gasteiger charge is 2.06. The Kier molecular flexibility index (Phi) is 3.90. The number of para-hydroxylation sites is 1. The molecule has 2 aromatic carbocycles. The van der Waals surface area contributed by atoms with Crippen LogP contribution in [0.15, 0.2) is 45.3 Å². The molecule has 5 heteroatoms. The number of nitrogens with two attached hydrogens (primary N) is 1.